The Hall–Kier alpha value is -1.52. The second-order valence-electron chi connectivity index (χ2n) is 4.34. The van der Waals surface area contributed by atoms with E-state index in [0.29, 0.717) is 0 Å². The number of carboxylic acid groups (broad SMARTS) is 1. The van der Waals surface area contributed by atoms with Crippen LogP contribution in [0.25, 0.3) is 10.8 Å². The van der Waals surface area contributed by atoms with Crippen molar-refractivity contribution >= 4 is 28.5 Å². The normalized spacial score (nSPS) is 23.3. The molecule has 0 amide bonds. The standard InChI is InChI=1S/C14H13NO2S/c16-14(17)13-15-12(8-18-13)11-7-3-5-9-4-1-2-6-10(9)11/h1-7,12-13,15H,8H2,(H,16,17)/t12-,13-/m0/s1. The van der Waals surface area contributed by atoms with Crippen molar-refractivity contribution in [2.45, 2.75) is 11.4 Å². The number of rotatable bonds is 2. The third-order valence-corrected chi connectivity index (χ3v) is 4.40. The van der Waals surface area contributed by atoms with Gasteiger partial charge in [-0.1, -0.05) is 42.5 Å². The summed E-state index contributed by atoms with van der Waals surface area (Å²) in [6.07, 6.45) is 0. The fourth-order valence-electron chi connectivity index (χ4n) is 2.35. The molecule has 0 aromatic heterocycles. The number of hydrogen-bond donors (Lipinski definition) is 2. The van der Waals surface area contributed by atoms with Gasteiger partial charge in [0.15, 0.2) is 5.37 Å². The number of thioether (sulfide) groups is 1. The van der Waals surface area contributed by atoms with Crippen LogP contribution in [0.5, 0.6) is 0 Å². The first kappa shape index (κ1) is 11.6. The summed E-state index contributed by atoms with van der Waals surface area (Å²) in [5, 5.41) is 14.1. The van der Waals surface area contributed by atoms with E-state index < -0.39 is 11.3 Å². The van der Waals surface area contributed by atoms with Gasteiger partial charge in [-0.25, -0.2) is 4.79 Å². The monoisotopic (exact) mass is 259 g/mol. The number of benzene rings is 2. The van der Waals surface area contributed by atoms with Crippen molar-refractivity contribution in [1.29, 1.82) is 0 Å². The van der Waals surface area contributed by atoms with Crippen LogP contribution in [0.2, 0.25) is 0 Å². The molecule has 2 atom stereocenters. The SMILES string of the molecule is O=C(O)[C@H]1N[C@H](c2cccc3ccccc23)CS1. The molecule has 2 aromatic carbocycles. The van der Waals surface area contributed by atoms with Gasteiger partial charge in [-0.15, -0.1) is 11.8 Å². The van der Waals surface area contributed by atoms with Crippen molar-refractivity contribution in [3.8, 4) is 0 Å². The third-order valence-electron chi connectivity index (χ3n) is 3.21. The smallest absolute Gasteiger partial charge is 0.331 e. The molecule has 1 saturated heterocycles. The van der Waals surface area contributed by atoms with E-state index in [1.807, 2.05) is 18.2 Å². The van der Waals surface area contributed by atoms with Crippen molar-refractivity contribution in [3.63, 3.8) is 0 Å². The summed E-state index contributed by atoms with van der Waals surface area (Å²) in [5.74, 6) is 0.00747. The third kappa shape index (κ3) is 1.98. The fraction of sp³-hybridized carbons (Fsp3) is 0.214. The second kappa shape index (κ2) is 4.63. The molecule has 2 N–H and O–H groups in total. The lowest BCUT2D eigenvalue weighted by Crippen LogP contribution is -2.30. The van der Waals surface area contributed by atoms with E-state index in [1.165, 1.54) is 28.1 Å². The molecule has 0 saturated carbocycles. The van der Waals surface area contributed by atoms with E-state index in [4.69, 9.17) is 5.11 Å². The van der Waals surface area contributed by atoms with Gasteiger partial charge in [0, 0.05) is 11.8 Å². The Labute approximate surface area is 109 Å². The van der Waals surface area contributed by atoms with E-state index >= 15 is 0 Å². The van der Waals surface area contributed by atoms with E-state index in [-0.39, 0.29) is 6.04 Å². The van der Waals surface area contributed by atoms with Crippen LogP contribution in [-0.2, 0) is 4.79 Å². The Bertz CT molecular complexity index is 594. The Morgan fingerprint density at radius 3 is 2.78 bits per heavy atom. The van der Waals surface area contributed by atoms with Crippen LogP contribution in [0.3, 0.4) is 0 Å². The van der Waals surface area contributed by atoms with Gasteiger partial charge in [0.2, 0.25) is 0 Å². The van der Waals surface area contributed by atoms with Crippen molar-refractivity contribution < 1.29 is 9.90 Å². The van der Waals surface area contributed by atoms with Gasteiger partial charge in [-0.05, 0) is 16.3 Å². The molecular weight excluding hydrogens is 246 g/mol. The molecule has 3 nitrogen and oxygen atoms in total. The maximum Gasteiger partial charge on any atom is 0.331 e. The van der Waals surface area contributed by atoms with Gasteiger partial charge >= 0.3 is 5.97 Å². The number of carboxylic acids is 1. The highest BCUT2D eigenvalue weighted by Crippen LogP contribution is 2.33. The van der Waals surface area contributed by atoms with Gasteiger partial charge in [0.05, 0.1) is 0 Å². The number of hydrogen-bond acceptors (Lipinski definition) is 3. The van der Waals surface area contributed by atoms with E-state index in [9.17, 15) is 4.79 Å². The van der Waals surface area contributed by atoms with Gasteiger partial charge in [-0.2, -0.15) is 0 Å². The van der Waals surface area contributed by atoms with Crippen LogP contribution >= 0.6 is 11.8 Å². The lowest BCUT2D eigenvalue weighted by Gasteiger charge is -2.14. The minimum atomic E-state index is -0.789. The summed E-state index contributed by atoms with van der Waals surface area (Å²) < 4.78 is 0. The van der Waals surface area contributed by atoms with E-state index in [1.54, 1.807) is 0 Å². The number of nitrogens with one attached hydrogen (secondary N) is 1. The van der Waals surface area contributed by atoms with Gasteiger partial charge < -0.3 is 5.11 Å². The highest BCUT2D eigenvalue weighted by Gasteiger charge is 2.30. The molecular formula is C14H13NO2S. The van der Waals surface area contributed by atoms with Gasteiger partial charge in [-0.3, -0.25) is 5.32 Å². The lowest BCUT2D eigenvalue weighted by atomic mass is 10.00. The van der Waals surface area contributed by atoms with Crippen molar-refractivity contribution in [3.05, 3.63) is 48.0 Å². The zero-order valence-corrected chi connectivity index (χ0v) is 10.5. The predicted molar refractivity (Wildman–Crippen MR) is 73.7 cm³/mol. The maximum absolute atomic E-state index is 11.0. The van der Waals surface area contributed by atoms with Crippen molar-refractivity contribution in [2.24, 2.45) is 0 Å². The summed E-state index contributed by atoms with van der Waals surface area (Å²) in [5.41, 5.74) is 1.18. The molecule has 4 heteroatoms. The molecule has 0 unspecified atom stereocenters. The largest absolute Gasteiger partial charge is 0.479 e. The Morgan fingerprint density at radius 2 is 2.00 bits per heavy atom. The van der Waals surface area contributed by atoms with Crippen LogP contribution in [0.4, 0.5) is 0 Å². The first-order valence-corrected chi connectivity index (χ1v) is 6.89. The predicted octanol–water partition coefficient (Wildman–Crippen LogP) is 2.63. The Balaban J connectivity index is 1.98. The molecule has 92 valence electrons. The Kier molecular flexibility index (Phi) is 2.97. The van der Waals surface area contributed by atoms with Crippen molar-refractivity contribution in [1.82, 2.24) is 5.32 Å². The topological polar surface area (TPSA) is 49.3 Å². The summed E-state index contributed by atoms with van der Waals surface area (Å²) >= 11 is 1.45. The molecule has 0 aliphatic carbocycles. The number of fused-ring (bicyclic) bond motifs is 1. The average molecular weight is 259 g/mol. The minimum Gasteiger partial charge on any atom is -0.479 e. The van der Waals surface area contributed by atoms with Crippen LogP contribution in [-0.4, -0.2) is 22.2 Å². The second-order valence-corrected chi connectivity index (χ2v) is 5.48. The zero-order valence-electron chi connectivity index (χ0n) is 9.67. The molecule has 1 heterocycles. The molecule has 3 rings (SSSR count). The summed E-state index contributed by atoms with van der Waals surface area (Å²) in [6, 6.07) is 14.5. The first-order chi connectivity index (χ1) is 8.75. The van der Waals surface area contributed by atoms with E-state index in [2.05, 4.69) is 29.6 Å². The van der Waals surface area contributed by atoms with Crippen LogP contribution in [0, 0.1) is 0 Å². The molecule has 1 aliphatic heterocycles. The summed E-state index contributed by atoms with van der Waals surface area (Å²) in [4.78, 5) is 11.0. The highest BCUT2D eigenvalue weighted by atomic mass is 32.2. The van der Waals surface area contributed by atoms with Crippen LogP contribution < -0.4 is 5.32 Å². The zero-order chi connectivity index (χ0) is 12.5. The number of carbonyl (C=O) groups is 1. The van der Waals surface area contributed by atoms with Crippen LogP contribution in [0.15, 0.2) is 42.5 Å². The van der Waals surface area contributed by atoms with Crippen LogP contribution in [0.1, 0.15) is 11.6 Å². The number of aliphatic carboxylic acids is 1. The molecule has 1 aliphatic rings. The molecule has 1 fully saturated rings. The molecule has 2 aromatic rings. The van der Waals surface area contributed by atoms with Crippen molar-refractivity contribution in [2.75, 3.05) is 5.75 Å². The van der Waals surface area contributed by atoms with Gasteiger partial charge in [0.1, 0.15) is 0 Å². The molecule has 0 radical (unpaired) electrons. The molecule has 0 spiro atoms. The highest BCUT2D eigenvalue weighted by molar-refractivity contribution is 8.00. The summed E-state index contributed by atoms with van der Waals surface area (Å²) in [7, 11) is 0. The molecule has 0 bridgehead atoms. The quantitative estimate of drug-likeness (QED) is 0.870. The first-order valence-electron chi connectivity index (χ1n) is 5.84. The molecule has 18 heavy (non-hydrogen) atoms. The van der Waals surface area contributed by atoms with E-state index in [0.717, 1.165) is 5.75 Å². The average Bonchev–Trinajstić information content (AvgIpc) is 2.87. The fourth-order valence-corrected chi connectivity index (χ4v) is 3.41. The van der Waals surface area contributed by atoms with Gasteiger partial charge in [0.25, 0.3) is 0 Å². The lowest BCUT2D eigenvalue weighted by molar-refractivity contribution is -0.136. The minimum absolute atomic E-state index is 0.113. The summed E-state index contributed by atoms with van der Waals surface area (Å²) in [6.45, 7) is 0. The maximum atomic E-state index is 11.0. The Morgan fingerprint density at radius 1 is 1.22 bits per heavy atom.